The van der Waals surface area contributed by atoms with Crippen LogP contribution in [0.5, 0.6) is 0 Å². The van der Waals surface area contributed by atoms with Gasteiger partial charge in [0.25, 0.3) is 5.92 Å². The molecule has 0 aliphatic carbocycles. The highest BCUT2D eigenvalue weighted by Crippen LogP contribution is 2.28. The monoisotopic (exact) mass is 496 g/mol. The largest absolute Gasteiger partial charge is 0.305 e. The second kappa shape index (κ2) is 7.41. The molecule has 0 aliphatic heterocycles. The minimum absolute atomic E-state index is 0.229. The molecule has 1 rings (SSSR count). The van der Waals surface area contributed by atoms with Gasteiger partial charge in [-0.2, -0.15) is 8.78 Å². The molecule has 0 spiro atoms. The fraction of sp³-hybridized carbons (Fsp3) is 0.583. The molecule has 0 amide bonds. The van der Waals surface area contributed by atoms with Crippen molar-refractivity contribution in [1.29, 1.82) is 0 Å². The molecule has 1 aromatic rings. The van der Waals surface area contributed by atoms with Gasteiger partial charge in [-0.25, -0.2) is 8.10 Å². The summed E-state index contributed by atoms with van der Waals surface area (Å²) < 4.78 is 33.9. The summed E-state index contributed by atoms with van der Waals surface area (Å²) in [6.45, 7) is 5.55. The molecule has 108 valence electrons. The summed E-state index contributed by atoms with van der Waals surface area (Å²) in [4.78, 5) is 4.02. The first-order valence-electron chi connectivity index (χ1n) is 5.80. The third-order valence-corrected chi connectivity index (χ3v) is 4.68. The van der Waals surface area contributed by atoms with Crippen LogP contribution in [0.4, 0.5) is 8.78 Å². The Labute approximate surface area is 140 Å². The zero-order valence-electron chi connectivity index (χ0n) is 10.9. The summed E-state index contributed by atoms with van der Waals surface area (Å²) in [5.41, 5.74) is 0.295. The van der Waals surface area contributed by atoms with Crippen LogP contribution in [0.25, 0.3) is 0 Å². The van der Waals surface area contributed by atoms with Crippen molar-refractivity contribution in [2.75, 3.05) is 6.54 Å². The number of aromatic nitrogens is 1. The van der Waals surface area contributed by atoms with Crippen molar-refractivity contribution in [3.63, 3.8) is 0 Å². The lowest BCUT2D eigenvalue weighted by atomic mass is 10.1. The van der Waals surface area contributed by atoms with Crippen LogP contribution in [0.15, 0.2) is 18.2 Å². The van der Waals surface area contributed by atoms with Gasteiger partial charge in [0.2, 0.25) is 0 Å². The van der Waals surface area contributed by atoms with Gasteiger partial charge in [0.1, 0.15) is 34.8 Å². The normalized spacial score (nSPS) is 14.2. The third-order valence-electron chi connectivity index (χ3n) is 2.56. The van der Waals surface area contributed by atoms with Gasteiger partial charge in [-0.3, -0.25) is 0 Å². The molecular weight excluding hydrogens is 480 g/mol. The molecule has 0 N–H and O–H groups in total. The number of rotatable bonds is 6. The topological polar surface area (TPSA) is 25.4 Å². The van der Waals surface area contributed by atoms with E-state index < -0.39 is 5.92 Å². The first-order valence-corrected chi connectivity index (χ1v) is 7.65. The van der Waals surface area contributed by atoms with E-state index in [1.54, 1.807) is 35.1 Å². The number of alkyl halides is 2. The van der Waals surface area contributed by atoms with Crippen molar-refractivity contribution in [2.24, 2.45) is 0 Å². The van der Waals surface area contributed by atoms with E-state index >= 15 is 0 Å². The number of hydrogen-bond donors (Lipinski definition) is 0. The molecule has 0 fully saturated rings. The second-order valence-electron chi connectivity index (χ2n) is 4.59. The van der Waals surface area contributed by atoms with Gasteiger partial charge in [0, 0.05) is 42.4 Å². The minimum atomic E-state index is -2.94. The maximum Gasteiger partial charge on any atom is 0.286 e. The smallest absolute Gasteiger partial charge is 0.286 e. The summed E-state index contributed by atoms with van der Waals surface area (Å²) in [6.07, 6.45) is -0.331. The molecule has 1 heterocycles. The van der Waals surface area contributed by atoms with Crippen LogP contribution in [-0.2, 0) is 8.99 Å². The number of nitrogens with zero attached hydrogens (tertiary/aromatic N) is 2. The standard InChI is InChI=1S/C12H16F2I2N2O/c1-8(2)18(15)7-10(19-16)9-5-4-6-11(17-9)12(3,13)14/h4-6,8,10H,7H2,1-3H3. The molecule has 0 bridgehead atoms. The van der Waals surface area contributed by atoms with Crippen LogP contribution in [0, 0.1) is 0 Å². The average Bonchev–Trinajstić information content (AvgIpc) is 2.34. The Morgan fingerprint density at radius 1 is 1.42 bits per heavy atom. The molecule has 0 aromatic carbocycles. The lowest BCUT2D eigenvalue weighted by Crippen LogP contribution is -2.26. The van der Waals surface area contributed by atoms with Crippen molar-refractivity contribution in [3.8, 4) is 0 Å². The molecule has 3 nitrogen and oxygen atoms in total. The maximum atomic E-state index is 13.3. The van der Waals surface area contributed by atoms with Crippen molar-refractivity contribution in [3.05, 3.63) is 29.6 Å². The van der Waals surface area contributed by atoms with Crippen LogP contribution < -0.4 is 0 Å². The molecule has 1 unspecified atom stereocenters. The van der Waals surface area contributed by atoms with Crippen LogP contribution in [0.1, 0.15) is 38.3 Å². The quantitative estimate of drug-likeness (QED) is 0.424. The van der Waals surface area contributed by atoms with Crippen LogP contribution in [0.2, 0.25) is 0 Å². The maximum absolute atomic E-state index is 13.3. The zero-order chi connectivity index (χ0) is 14.6. The Morgan fingerprint density at radius 2 is 2.05 bits per heavy atom. The first kappa shape index (κ1) is 17.4. The molecule has 0 aliphatic rings. The van der Waals surface area contributed by atoms with Gasteiger partial charge < -0.3 is 3.07 Å². The van der Waals surface area contributed by atoms with Crippen LogP contribution in [0.3, 0.4) is 0 Å². The first-order chi connectivity index (χ1) is 8.75. The van der Waals surface area contributed by atoms with Gasteiger partial charge in [-0.15, -0.1) is 0 Å². The van der Waals surface area contributed by atoms with Crippen molar-refractivity contribution in [1.82, 2.24) is 8.10 Å². The summed E-state index contributed by atoms with van der Waals surface area (Å²) in [6, 6.07) is 4.97. The summed E-state index contributed by atoms with van der Waals surface area (Å²) in [7, 11) is 0. The molecule has 1 atom stereocenters. The highest BCUT2D eigenvalue weighted by Gasteiger charge is 2.27. The van der Waals surface area contributed by atoms with E-state index in [0.717, 1.165) is 6.92 Å². The molecule has 0 radical (unpaired) electrons. The predicted octanol–water partition coefficient (Wildman–Crippen LogP) is 4.66. The van der Waals surface area contributed by atoms with Gasteiger partial charge in [0.15, 0.2) is 0 Å². The van der Waals surface area contributed by atoms with E-state index in [9.17, 15) is 8.78 Å². The molecule has 19 heavy (non-hydrogen) atoms. The highest BCUT2D eigenvalue weighted by molar-refractivity contribution is 14.1. The van der Waals surface area contributed by atoms with E-state index in [0.29, 0.717) is 18.3 Å². The van der Waals surface area contributed by atoms with Crippen molar-refractivity contribution < 1.29 is 11.8 Å². The Balaban J connectivity index is 2.93. The average molecular weight is 496 g/mol. The van der Waals surface area contributed by atoms with Gasteiger partial charge in [0.05, 0.1) is 5.69 Å². The Bertz CT molecular complexity index is 413. The highest BCUT2D eigenvalue weighted by atomic mass is 127. The molecule has 0 saturated carbocycles. The van der Waals surface area contributed by atoms with Gasteiger partial charge in [-0.1, -0.05) is 6.07 Å². The van der Waals surface area contributed by atoms with E-state index in [4.69, 9.17) is 3.07 Å². The minimum Gasteiger partial charge on any atom is -0.305 e. The van der Waals surface area contributed by atoms with Gasteiger partial charge >= 0.3 is 0 Å². The predicted molar refractivity (Wildman–Crippen MR) is 87.5 cm³/mol. The fourth-order valence-corrected chi connectivity index (χ4v) is 2.19. The zero-order valence-corrected chi connectivity index (χ0v) is 15.2. The lowest BCUT2D eigenvalue weighted by molar-refractivity contribution is 0.0122. The fourth-order valence-electron chi connectivity index (χ4n) is 1.41. The van der Waals surface area contributed by atoms with Crippen LogP contribution >= 0.6 is 45.9 Å². The number of halogens is 4. The van der Waals surface area contributed by atoms with E-state index in [2.05, 4.69) is 44.8 Å². The SMILES string of the molecule is CC(C)N(I)CC(OI)c1cccc(C(C)(F)F)n1. The second-order valence-corrected chi connectivity index (χ2v) is 6.34. The summed E-state index contributed by atoms with van der Waals surface area (Å²) in [5, 5.41) is 0. The number of hydrogen-bond acceptors (Lipinski definition) is 3. The lowest BCUT2D eigenvalue weighted by Gasteiger charge is -2.23. The Hall–Kier alpha value is 0.390. The van der Waals surface area contributed by atoms with Crippen molar-refractivity contribution >= 4 is 45.9 Å². The molecule has 7 heteroatoms. The van der Waals surface area contributed by atoms with E-state index in [1.165, 1.54) is 6.07 Å². The van der Waals surface area contributed by atoms with E-state index in [1.807, 2.05) is 0 Å². The Kier molecular flexibility index (Phi) is 6.81. The third kappa shape index (κ3) is 5.35. The molecule has 0 saturated heterocycles. The van der Waals surface area contributed by atoms with Crippen molar-refractivity contribution in [2.45, 2.75) is 38.8 Å². The van der Waals surface area contributed by atoms with Crippen LogP contribution in [-0.4, -0.2) is 20.7 Å². The summed E-state index contributed by atoms with van der Waals surface area (Å²) >= 11 is 3.98. The Morgan fingerprint density at radius 3 is 2.53 bits per heavy atom. The summed E-state index contributed by atoms with van der Waals surface area (Å²) in [5.74, 6) is -2.94. The molecular formula is C12H16F2I2N2O. The van der Waals surface area contributed by atoms with E-state index in [-0.39, 0.29) is 11.8 Å². The molecule has 1 aromatic heterocycles. The van der Waals surface area contributed by atoms with Gasteiger partial charge in [-0.05, 0) is 26.0 Å². The number of pyridine rings is 1.